The Bertz CT molecular complexity index is 413. The van der Waals surface area contributed by atoms with Crippen molar-refractivity contribution in [2.45, 2.75) is 12.0 Å². The molecule has 0 bridgehead atoms. The maximum Gasteiger partial charge on any atom is 0.116 e. The summed E-state index contributed by atoms with van der Waals surface area (Å²) in [4.78, 5) is 0. The third-order valence-electron chi connectivity index (χ3n) is 3.01. The van der Waals surface area contributed by atoms with Crippen LogP contribution in [0, 0.1) is 0 Å². The first kappa shape index (κ1) is 11.8. The molecule has 0 aliphatic carbocycles. The molecule has 3 N–H and O–H groups in total. The summed E-state index contributed by atoms with van der Waals surface area (Å²) in [5, 5.41) is 10.9. The fraction of sp³-hybridized carbons (Fsp3) is 0.200. The molecule has 2 nitrogen and oxygen atoms in total. The highest BCUT2D eigenvalue weighted by Gasteiger charge is 2.30. The highest BCUT2D eigenvalue weighted by atomic mass is 16.3. The van der Waals surface area contributed by atoms with Gasteiger partial charge in [0.2, 0.25) is 0 Å². The number of aliphatic hydroxyl groups is 1. The minimum Gasteiger partial charge on any atom is -0.380 e. The quantitative estimate of drug-likeness (QED) is 0.841. The Morgan fingerprint density at radius 3 is 1.59 bits per heavy atom. The molecule has 0 amide bonds. The Balaban J connectivity index is 2.47. The second-order valence-corrected chi connectivity index (χ2v) is 4.13. The summed E-state index contributed by atoms with van der Waals surface area (Å²) >= 11 is 0. The van der Waals surface area contributed by atoms with Gasteiger partial charge in [0, 0.05) is 0 Å². The van der Waals surface area contributed by atoms with Crippen molar-refractivity contribution < 1.29 is 5.11 Å². The van der Waals surface area contributed by atoms with Gasteiger partial charge in [-0.1, -0.05) is 60.7 Å². The predicted octanol–water partition coefficient (Wildman–Crippen LogP) is 2.27. The number of rotatable bonds is 4. The lowest BCUT2D eigenvalue weighted by Crippen LogP contribution is -2.30. The molecule has 0 saturated carbocycles. The predicted molar refractivity (Wildman–Crippen MR) is 69.6 cm³/mol. The average molecular weight is 227 g/mol. The smallest absolute Gasteiger partial charge is 0.116 e. The second-order valence-electron chi connectivity index (χ2n) is 4.13. The van der Waals surface area contributed by atoms with Gasteiger partial charge in [-0.15, -0.1) is 0 Å². The minimum atomic E-state index is -0.989. The molecule has 2 heteroatoms. The second kappa shape index (κ2) is 5.13. The fourth-order valence-electron chi connectivity index (χ4n) is 2.09. The molecule has 2 rings (SSSR count). The van der Waals surface area contributed by atoms with E-state index >= 15 is 0 Å². The van der Waals surface area contributed by atoms with Crippen molar-refractivity contribution in [2.75, 3.05) is 6.54 Å². The topological polar surface area (TPSA) is 46.2 Å². The number of hydrogen-bond donors (Lipinski definition) is 2. The molecular formula is C15H17NO. The minimum absolute atomic E-state index is 0.445. The fourth-order valence-corrected chi connectivity index (χ4v) is 2.09. The van der Waals surface area contributed by atoms with Crippen molar-refractivity contribution in [1.29, 1.82) is 0 Å². The van der Waals surface area contributed by atoms with Crippen molar-refractivity contribution in [3.05, 3.63) is 71.8 Å². The molecule has 0 unspecified atom stereocenters. The molecule has 0 fully saturated rings. The molecule has 0 aliphatic heterocycles. The van der Waals surface area contributed by atoms with E-state index < -0.39 is 5.60 Å². The van der Waals surface area contributed by atoms with Gasteiger partial charge in [-0.05, 0) is 24.1 Å². The molecule has 2 aromatic carbocycles. The maximum atomic E-state index is 10.9. The van der Waals surface area contributed by atoms with E-state index in [-0.39, 0.29) is 0 Å². The lowest BCUT2D eigenvalue weighted by atomic mass is 9.84. The zero-order valence-corrected chi connectivity index (χ0v) is 9.71. The molecule has 2 aromatic rings. The van der Waals surface area contributed by atoms with Crippen LogP contribution in [-0.2, 0) is 5.60 Å². The SMILES string of the molecule is NCCC(O)(c1ccccc1)c1ccccc1. The molecule has 0 radical (unpaired) electrons. The highest BCUT2D eigenvalue weighted by Crippen LogP contribution is 2.32. The average Bonchev–Trinajstić information content (AvgIpc) is 2.41. The molecule has 88 valence electrons. The summed E-state index contributed by atoms with van der Waals surface area (Å²) in [6.07, 6.45) is 0.515. The van der Waals surface area contributed by atoms with Gasteiger partial charge in [-0.2, -0.15) is 0 Å². The van der Waals surface area contributed by atoms with E-state index in [0.29, 0.717) is 13.0 Å². The molecule has 0 atom stereocenters. The molecule has 0 saturated heterocycles. The van der Waals surface area contributed by atoms with Crippen molar-refractivity contribution in [2.24, 2.45) is 5.73 Å². The number of hydrogen-bond acceptors (Lipinski definition) is 2. The largest absolute Gasteiger partial charge is 0.380 e. The van der Waals surface area contributed by atoms with E-state index in [1.807, 2.05) is 60.7 Å². The van der Waals surface area contributed by atoms with Crippen LogP contribution in [0.3, 0.4) is 0 Å². The number of benzene rings is 2. The Kier molecular flexibility index (Phi) is 3.57. The Morgan fingerprint density at radius 1 is 0.824 bits per heavy atom. The molecule has 0 heterocycles. The van der Waals surface area contributed by atoms with Gasteiger partial charge in [0.15, 0.2) is 0 Å². The first-order chi connectivity index (χ1) is 8.27. The van der Waals surface area contributed by atoms with Crippen LogP contribution in [0.15, 0.2) is 60.7 Å². The summed E-state index contributed by atoms with van der Waals surface area (Å²) in [5.41, 5.74) is 6.41. The first-order valence-electron chi connectivity index (χ1n) is 5.81. The Labute approximate surface area is 102 Å². The van der Waals surface area contributed by atoms with Crippen molar-refractivity contribution in [3.8, 4) is 0 Å². The van der Waals surface area contributed by atoms with Crippen LogP contribution in [0.25, 0.3) is 0 Å². The molecule has 0 aromatic heterocycles. The molecule has 0 spiro atoms. The van der Waals surface area contributed by atoms with E-state index in [0.717, 1.165) is 11.1 Å². The monoisotopic (exact) mass is 227 g/mol. The van der Waals surface area contributed by atoms with E-state index in [2.05, 4.69) is 0 Å². The Hall–Kier alpha value is -1.64. The third kappa shape index (κ3) is 2.38. The summed E-state index contributed by atoms with van der Waals surface area (Å²) in [6.45, 7) is 0.445. The zero-order valence-electron chi connectivity index (χ0n) is 9.71. The van der Waals surface area contributed by atoms with Crippen LogP contribution in [0.4, 0.5) is 0 Å². The van der Waals surface area contributed by atoms with Gasteiger partial charge in [0.1, 0.15) is 5.60 Å². The summed E-state index contributed by atoms with van der Waals surface area (Å²) in [7, 11) is 0. The summed E-state index contributed by atoms with van der Waals surface area (Å²) in [5.74, 6) is 0. The van der Waals surface area contributed by atoms with Crippen molar-refractivity contribution in [1.82, 2.24) is 0 Å². The molecule has 0 aliphatic rings. The zero-order chi connectivity index (χ0) is 12.1. The van der Waals surface area contributed by atoms with Gasteiger partial charge >= 0.3 is 0 Å². The van der Waals surface area contributed by atoms with Crippen LogP contribution in [0.1, 0.15) is 17.5 Å². The summed E-state index contributed by atoms with van der Waals surface area (Å²) < 4.78 is 0. The van der Waals surface area contributed by atoms with Gasteiger partial charge in [-0.25, -0.2) is 0 Å². The lowest BCUT2D eigenvalue weighted by Gasteiger charge is -2.29. The van der Waals surface area contributed by atoms with Crippen molar-refractivity contribution >= 4 is 0 Å². The van der Waals surface area contributed by atoms with Crippen LogP contribution in [-0.4, -0.2) is 11.7 Å². The van der Waals surface area contributed by atoms with E-state index in [1.165, 1.54) is 0 Å². The third-order valence-corrected chi connectivity index (χ3v) is 3.01. The number of nitrogens with two attached hydrogens (primary N) is 1. The van der Waals surface area contributed by atoms with Gasteiger partial charge in [-0.3, -0.25) is 0 Å². The Morgan fingerprint density at radius 2 is 1.24 bits per heavy atom. The van der Waals surface area contributed by atoms with Crippen LogP contribution in [0.2, 0.25) is 0 Å². The lowest BCUT2D eigenvalue weighted by molar-refractivity contribution is 0.0737. The van der Waals surface area contributed by atoms with E-state index in [4.69, 9.17) is 5.73 Å². The van der Waals surface area contributed by atoms with Gasteiger partial charge in [0.05, 0.1) is 0 Å². The van der Waals surface area contributed by atoms with E-state index in [9.17, 15) is 5.11 Å². The van der Waals surface area contributed by atoms with Crippen LogP contribution >= 0.6 is 0 Å². The maximum absolute atomic E-state index is 10.9. The summed E-state index contributed by atoms with van der Waals surface area (Å²) in [6, 6.07) is 19.3. The van der Waals surface area contributed by atoms with Gasteiger partial charge in [0.25, 0.3) is 0 Å². The van der Waals surface area contributed by atoms with Crippen LogP contribution < -0.4 is 5.73 Å². The van der Waals surface area contributed by atoms with Gasteiger partial charge < -0.3 is 10.8 Å². The molecular weight excluding hydrogens is 210 g/mol. The standard InChI is InChI=1S/C15H17NO/c16-12-11-15(17,13-7-3-1-4-8-13)14-9-5-2-6-10-14/h1-10,17H,11-12,16H2. The molecule has 17 heavy (non-hydrogen) atoms. The van der Waals surface area contributed by atoms with Crippen molar-refractivity contribution in [3.63, 3.8) is 0 Å². The first-order valence-corrected chi connectivity index (χ1v) is 5.81. The highest BCUT2D eigenvalue weighted by molar-refractivity contribution is 5.35. The normalized spacial score (nSPS) is 11.4. The van der Waals surface area contributed by atoms with Crippen LogP contribution in [0.5, 0.6) is 0 Å². The van der Waals surface area contributed by atoms with E-state index in [1.54, 1.807) is 0 Å².